The molecule has 0 fully saturated rings. The minimum absolute atomic E-state index is 0.0419. The van der Waals surface area contributed by atoms with Crippen molar-refractivity contribution in [3.63, 3.8) is 0 Å². The van der Waals surface area contributed by atoms with Crippen LogP contribution in [0.2, 0.25) is 0 Å². The third-order valence-corrected chi connectivity index (χ3v) is 2.80. The monoisotopic (exact) mass is 233 g/mol. The van der Waals surface area contributed by atoms with Gasteiger partial charge in [0.2, 0.25) is 0 Å². The Kier molecular flexibility index (Phi) is 5.16. The molecular formula is C14H23N3. The molecule has 0 saturated heterocycles. The molecule has 17 heavy (non-hydrogen) atoms. The molecule has 2 N–H and O–H groups in total. The first-order chi connectivity index (χ1) is 8.08. The van der Waals surface area contributed by atoms with Crippen molar-refractivity contribution in [3.05, 3.63) is 36.2 Å². The molecule has 1 heterocycles. The highest BCUT2D eigenvalue weighted by Gasteiger charge is 2.07. The lowest BCUT2D eigenvalue weighted by molar-refractivity contribution is 0.675. The second-order valence-corrected chi connectivity index (χ2v) is 4.43. The van der Waals surface area contributed by atoms with Gasteiger partial charge in [0.1, 0.15) is 0 Å². The fourth-order valence-electron chi connectivity index (χ4n) is 1.72. The van der Waals surface area contributed by atoms with Gasteiger partial charge in [-0.3, -0.25) is 4.98 Å². The summed E-state index contributed by atoms with van der Waals surface area (Å²) in [6, 6.07) is 4.15. The zero-order chi connectivity index (χ0) is 12.8. The molecule has 1 atom stereocenters. The molecule has 3 heteroatoms. The number of hydrogen-bond donors (Lipinski definition) is 1. The van der Waals surface area contributed by atoms with Crippen LogP contribution in [0.5, 0.6) is 0 Å². The van der Waals surface area contributed by atoms with Crippen molar-refractivity contribution in [2.45, 2.75) is 33.2 Å². The summed E-state index contributed by atoms with van der Waals surface area (Å²) in [6.07, 6.45) is 2.81. The third kappa shape index (κ3) is 3.86. The molecule has 94 valence electrons. The van der Waals surface area contributed by atoms with Gasteiger partial charge >= 0.3 is 0 Å². The van der Waals surface area contributed by atoms with Crippen LogP contribution < -0.4 is 10.6 Å². The molecular weight excluding hydrogens is 210 g/mol. The van der Waals surface area contributed by atoms with Crippen molar-refractivity contribution < 1.29 is 0 Å². The first-order valence-electron chi connectivity index (χ1n) is 6.19. The maximum Gasteiger partial charge on any atom is 0.0572 e. The molecule has 0 aromatic carbocycles. The van der Waals surface area contributed by atoms with E-state index in [1.54, 1.807) is 0 Å². The maximum absolute atomic E-state index is 5.94. The molecule has 0 spiro atoms. The van der Waals surface area contributed by atoms with Gasteiger partial charge in [0.15, 0.2) is 0 Å². The van der Waals surface area contributed by atoms with Crippen molar-refractivity contribution in [1.29, 1.82) is 0 Å². The van der Waals surface area contributed by atoms with E-state index >= 15 is 0 Å². The summed E-state index contributed by atoms with van der Waals surface area (Å²) >= 11 is 0. The minimum Gasteiger partial charge on any atom is -0.367 e. The second kappa shape index (κ2) is 6.40. The summed E-state index contributed by atoms with van der Waals surface area (Å²) < 4.78 is 0. The van der Waals surface area contributed by atoms with Crippen LogP contribution in [0, 0.1) is 0 Å². The van der Waals surface area contributed by atoms with Crippen molar-refractivity contribution in [2.75, 3.05) is 18.0 Å². The topological polar surface area (TPSA) is 42.1 Å². The first-order valence-corrected chi connectivity index (χ1v) is 6.19. The Labute approximate surface area is 104 Å². The molecule has 0 saturated carbocycles. The Hall–Kier alpha value is -1.35. The summed E-state index contributed by atoms with van der Waals surface area (Å²) in [6.45, 7) is 12.0. The largest absolute Gasteiger partial charge is 0.367 e. The van der Waals surface area contributed by atoms with Crippen LogP contribution in [0.4, 0.5) is 5.69 Å². The van der Waals surface area contributed by atoms with E-state index in [1.807, 2.05) is 19.2 Å². The Balaban J connectivity index is 2.81. The van der Waals surface area contributed by atoms with Gasteiger partial charge < -0.3 is 10.6 Å². The summed E-state index contributed by atoms with van der Waals surface area (Å²) in [4.78, 5) is 6.68. The minimum atomic E-state index is 0.0419. The standard InChI is InChI=1S/C14H23N3/c1-5-13(15)14-8-7-12(9-16-14)17(6-2)10-11(3)4/h7-9,13H,3,5-6,10,15H2,1-2,4H3. The van der Waals surface area contributed by atoms with Crippen LogP contribution >= 0.6 is 0 Å². The average molecular weight is 233 g/mol. The molecule has 1 unspecified atom stereocenters. The number of aromatic nitrogens is 1. The van der Waals surface area contributed by atoms with Crippen LogP contribution in [0.3, 0.4) is 0 Å². The molecule has 1 rings (SSSR count). The molecule has 1 aromatic heterocycles. The van der Waals surface area contributed by atoms with Crippen LogP contribution in [0.25, 0.3) is 0 Å². The van der Waals surface area contributed by atoms with E-state index in [2.05, 4.69) is 36.4 Å². The van der Waals surface area contributed by atoms with E-state index in [9.17, 15) is 0 Å². The fourth-order valence-corrected chi connectivity index (χ4v) is 1.72. The van der Waals surface area contributed by atoms with Gasteiger partial charge in [0.05, 0.1) is 17.6 Å². The van der Waals surface area contributed by atoms with Crippen LogP contribution in [0.1, 0.15) is 38.9 Å². The average Bonchev–Trinajstić information content (AvgIpc) is 2.35. The molecule has 0 bridgehead atoms. The third-order valence-electron chi connectivity index (χ3n) is 2.80. The number of nitrogens with two attached hydrogens (primary N) is 1. The van der Waals surface area contributed by atoms with Gasteiger partial charge in [-0.25, -0.2) is 0 Å². The Morgan fingerprint density at radius 2 is 2.18 bits per heavy atom. The van der Waals surface area contributed by atoms with Crippen molar-refractivity contribution >= 4 is 5.69 Å². The van der Waals surface area contributed by atoms with Gasteiger partial charge in [-0.15, -0.1) is 0 Å². The van der Waals surface area contributed by atoms with Gasteiger partial charge in [-0.1, -0.05) is 19.1 Å². The van der Waals surface area contributed by atoms with E-state index in [-0.39, 0.29) is 6.04 Å². The Bertz CT molecular complexity index is 356. The highest BCUT2D eigenvalue weighted by Crippen LogP contribution is 2.17. The maximum atomic E-state index is 5.94. The van der Waals surface area contributed by atoms with E-state index in [4.69, 9.17) is 5.73 Å². The zero-order valence-electron chi connectivity index (χ0n) is 11.1. The second-order valence-electron chi connectivity index (χ2n) is 4.43. The summed E-state index contributed by atoms with van der Waals surface area (Å²) in [5, 5.41) is 0. The molecule has 0 aliphatic rings. The normalized spacial score (nSPS) is 12.2. The van der Waals surface area contributed by atoms with Gasteiger partial charge in [-0.05, 0) is 32.4 Å². The number of anilines is 1. The predicted molar refractivity (Wildman–Crippen MR) is 74.2 cm³/mol. The summed E-state index contributed by atoms with van der Waals surface area (Å²) in [5.74, 6) is 0. The van der Waals surface area contributed by atoms with Crippen LogP contribution in [-0.4, -0.2) is 18.1 Å². The quantitative estimate of drug-likeness (QED) is 0.768. The highest BCUT2D eigenvalue weighted by molar-refractivity contribution is 5.45. The van der Waals surface area contributed by atoms with E-state index < -0.39 is 0 Å². The smallest absolute Gasteiger partial charge is 0.0572 e. The molecule has 0 aliphatic carbocycles. The summed E-state index contributed by atoms with van der Waals surface area (Å²) in [7, 11) is 0. The zero-order valence-corrected chi connectivity index (χ0v) is 11.1. The molecule has 3 nitrogen and oxygen atoms in total. The number of likely N-dealkylation sites (N-methyl/N-ethyl adjacent to an activating group) is 1. The van der Waals surface area contributed by atoms with E-state index in [0.29, 0.717) is 0 Å². The molecule has 1 aromatic rings. The van der Waals surface area contributed by atoms with E-state index in [1.165, 1.54) is 0 Å². The number of rotatable bonds is 6. The number of pyridine rings is 1. The van der Waals surface area contributed by atoms with E-state index in [0.717, 1.165) is 36.5 Å². The highest BCUT2D eigenvalue weighted by atomic mass is 15.1. The SMILES string of the molecule is C=C(C)CN(CC)c1ccc(C(N)CC)nc1. The summed E-state index contributed by atoms with van der Waals surface area (Å²) in [5.41, 5.74) is 9.19. The first kappa shape index (κ1) is 13.7. The van der Waals surface area contributed by atoms with Gasteiger partial charge in [0.25, 0.3) is 0 Å². The lowest BCUT2D eigenvalue weighted by Gasteiger charge is -2.23. The van der Waals surface area contributed by atoms with Crippen molar-refractivity contribution in [1.82, 2.24) is 4.98 Å². The Morgan fingerprint density at radius 3 is 2.59 bits per heavy atom. The van der Waals surface area contributed by atoms with Gasteiger partial charge in [-0.2, -0.15) is 0 Å². The molecule has 0 aliphatic heterocycles. The lowest BCUT2D eigenvalue weighted by atomic mass is 10.1. The van der Waals surface area contributed by atoms with Gasteiger partial charge in [0, 0.05) is 19.1 Å². The fraction of sp³-hybridized carbons (Fsp3) is 0.500. The number of nitrogens with zero attached hydrogens (tertiary/aromatic N) is 2. The van der Waals surface area contributed by atoms with Crippen molar-refractivity contribution in [3.8, 4) is 0 Å². The predicted octanol–water partition coefficient (Wildman–Crippen LogP) is 2.89. The van der Waals surface area contributed by atoms with Crippen molar-refractivity contribution in [2.24, 2.45) is 5.73 Å². The lowest BCUT2D eigenvalue weighted by Crippen LogP contribution is -2.24. The Morgan fingerprint density at radius 1 is 1.47 bits per heavy atom. The number of hydrogen-bond acceptors (Lipinski definition) is 3. The van der Waals surface area contributed by atoms with Crippen LogP contribution in [-0.2, 0) is 0 Å². The van der Waals surface area contributed by atoms with Crippen LogP contribution in [0.15, 0.2) is 30.5 Å². The molecule has 0 radical (unpaired) electrons. The molecule has 0 amide bonds.